The van der Waals surface area contributed by atoms with Crippen LogP contribution in [0.5, 0.6) is 0 Å². The van der Waals surface area contributed by atoms with E-state index in [0.29, 0.717) is 12.8 Å². The molecule has 2 rings (SSSR count). The van der Waals surface area contributed by atoms with Gasteiger partial charge in [0.2, 0.25) is 0 Å². The number of carbonyl (C=O) groups is 1. The molecule has 0 aromatic carbocycles. The molecule has 7 heteroatoms. The molecule has 1 saturated heterocycles. The number of pyridine rings is 1. The van der Waals surface area contributed by atoms with Crippen LogP contribution in [0.4, 0.5) is 5.69 Å². The van der Waals surface area contributed by atoms with Gasteiger partial charge in [0.1, 0.15) is 15.5 Å². The molecular weight excluding hydrogens is 254 g/mol. The Morgan fingerprint density at radius 2 is 2.06 bits per heavy atom. The molecule has 2 heterocycles. The van der Waals surface area contributed by atoms with Gasteiger partial charge in [-0.3, -0.25) is 9.78 Å². The molecular formula is C11H15N3O3S. The van der Waals surface area contributed by atoms with Gasteiger partial charge in [-0.1, -0.05) is 0 Å². The molecule has 0 saturated carbocycles. The Hall–Kier alpha value is -1.63. The van der Waals surface area contributed by atoms with Gasteiger partial charge in [-0.2, -0.15) is 0 Å². The van der Waals surface area contributed by atoms with Crippen LogP contribution in [0, 0.1) is 0 Å². The Bertz CT molecular complexity index is 542. The van der Waals surface area contributed by atoms with Crippen molar-refractivity contribution in [2.75, 3.05) is 16.8 Å². The van der Waals surface area contributed by atoms with Gasteiger partial charge in [0.05, 0.1) is 11.5 Å². The van der Waals surface area contributed by atoms with E-state index in [2.05, 4.69) is 10.3 Å². The van der Waals surface area contributed by atoms with Gasteiger partial charge in [-0.05, 0) is 25.0 Å². The number of hydrogen-bond donors (Lipinski definition) is 2. The average molecular weight is 269 g/mol. The van der Waals surface area contributed by atoms with E-state index in [9.17, 15) is 13.2 Å². The molecule has 0 atom stereocenters. The zero-order chi connectivity index (χ0) is 13.2. The minimum atomic E-state index is -2.86. The number of nitrogens with one attached hydrogen (secondary N) is 1. The van der Waals surface area contributed by atoms with Crippen LogP contribution < -0.4 is 11.1 Å². The number of nitrogens with zero attached hydrogens (tertiary/aromatic N) is 1. The number of aromatic nitrogens is 1. The highest BCUT2D eigenvalue weighted by Crippen LogP contribution is 2.17. The number of amides is 1. The summed E-state index contributed by atoms with van der Waals surface area (Å²) in [5.74, 6) is -0.165. The number of nitrogens with two attached hydrogens (primary N) is 1. The molecule has 0 unspecified atom stereocenters. The minimum Gasteiger partial charge on any atom is -0.382 e. The number of anilines is 1. The SMILES string of the molecule is NC(=O)c1cc(NC2CCS(=O)(=O)CC2)ccn1. The second-order valence-corrected chi connectivity index (χ2v) is 6.67. The molecule has 1 amide bonds. The fourth-order valence-electron chi connectivity index (χ4n) is 1.93. The third-order valence-electron chi connectivity index (χ3n) is 2.94. The third-order valence-corrected chi connectivity index (χ3v) is 4.65. The molecule has 1 aromatic rings. The maximum absolute atomic E-state index is 11.3. The fraction of sp³-hybridized carbons (Fsp3) is 0.455. The van der Waals surface area contributed by atoms with Gasteiger partial charge < -0.3 is 11.1 Å². The first kappa shape index (κ1) is 12.8. The van der Waals surface area contributed by atoms with E-state index in [1.54, 1.807) is 12.1 Å². The van der Waals surface area contributed by atoms with Crippen molar-refractivity contribution >= 4 is 21.4 Å². The van der Waals surface area contributed by atoms with Crippen LogP contribution in [-0.4, -0.2) is 36.9 Å². The van der Waals surface area contributed by atoms with E-state index >= 15 is 0 Å². The summed E-state index contributed by atoms with van der Waals surface area (Å²) in [5.41, 5.74) is 6.08. The van der Waals surface area contributed by atoms with Crippen molar-refractivity contribution < 1.29 is 13.2 Å². The summed E-state index contributed by atoms with van der Waals surface area (Å²) in [6, 6.07) is 3.41. The quantitative estimate of drug-likeness (QED) is 0.814. The lowest BCUT2D eigenvalue weighted by molar-refractivity contribution is 0.0995. The molecule has 1 fully saturated rings. The first-order chi connectivity index (χ1) is 8.46. The van der Waals surface area contributed by atoms with E-state index in [-0.39, 0.29) is 23.2 Å². The van der Waals surface area contributed by atoms with Crippen molar-refractivity contribution in [1.29, 1.82) is 0 Å². The lowest BCUT2D eigenvalue weighted by Gasteiger charge is -2.24. The van der Waals surface area contributed by atoms with Crippen LogP contribution in [0.25, 0.3) is 0 Å². The smallest absolute Gasteiger partial charge is 0.267 e. The Balaban J connectivity index is 2.02. The number of rotatable bonds is 3. The highest BCUT2D eigenvalue weighted by molar-refractivity contribution is 7.91. The summed E-state index contributed by atoms with van der Waals surface area (Å²) in [7, 11) is -2.86. The normalized spacial score (nSPS) is 19.3. The summed E-state index contributed by atoms with van der Waals surface area (Å²) in [4.78, 5) is 14.8. The first-order valence-corrected chi connectivity index (χ1v) is 7.51. The highest BCUT2D eigenvalue weighted by atomic mass is 32.2. The summed E-state index contributed by atoms with van der Waals surface area (Å²) in [6.45, 7) is 0. The van der Waals surface area contributed by atoms with Crippen molar-refractivity contribution in [2.24, 2.45) is 5.73 Å². The van der Waals surface area contributed by atoms with Crippen molar-refractivity contribution in [3.8, 4) is 0 Å². The third kappa shape index (κ3) is 3.19. The van der Waals surface area contributed by atoms with Crippen LogP contribution >= 0.6 is 0 Å². The maximum Gasteiger partial charge on any atom is 0.267 e. The zero-order valence-electron chi connectivity index (χ0n) is 9.80. The second kappa shape index (κ2) is 4.93. The van der Waals surface area contributed by atoms with Crippen LogP contribution in [0.2, 0.25) is 0 Å². The molecule has 3 N–H and O–H groups in total. The summed E-state index contributed by atoms with van der Waals surface area (Å²) < 4.78 is 22.6. The lowest BCUT2D eigenvalue weighted by atomic mass is 10.1. The largest absolute Gasteiger partial charge is 0.382 e. The first-order valence-electron chi connectivity index (χ1n) is 5.69. The Morgan fingerprint density at radius 3 is 2.67 bits per heavy atom. The number of sulfone groups is 1. The molecule has 18 heavy (non-hydrogen) atoms. The van der Waals surface area contributed by atoms with Gasteiger partial charge in [-0.15, -0.1) is 0 Å². The van der Waals surface area contributed by atoms with E-state index < -0.39 is 15.7 Å². The van der Waals surface area contributed by atoms with Gasteiger partial charge in [0, 0.05) is 17.9 Å². The molecule has 0 aliphatic carbocycles. The summed E-state index contributed by atoms with van der Waals surface area (Å²) in [6.07, 6.45) is 2.66. The highest BCUT2D eigenvalue weighted by Gasteiger charge is 2.23. The molecule has 6 nitrogen and oxygen atoms in total. The van der Waals surface area contributed by atoms with Crippen LogP contribution in [0.1, 0.15) is 23.3 Å². The topological polar surface area (TPSA) is 102 Å². The van der Waals surface area contributed by atoms with Crippen LogP contribution in [0.15, 0.2) is 18.3 Å². The Morgan fingerprint density at radius 1 is 1.39 bits per heavy atom. The van der Waals surface area contributed by atoms with E-state index in [1.165, 1.54) is 6.20 Å². The second-order valence-electron chi connectivity index (χ2n) is 4.36. The molecule has 0 bridgehead atoms. The fourth-order valence-corrected chi connectivity index (χ4v) is 3.42. The van der Waals surface area contributed by atoms with E-state index in [4.69, 9.17) is 5.73 Å². The molecule has 0 spiro atoms. The average Bonchev–Trinajstić information content (AvgIpc) is 2.32. The Kier molecular flexibility index (Phi) is 3.51. The molecule has 1 aliphatic rings. The van der Waals surface area contributed by atoms with Crippen LogP contribution in [0.3, 0.4) is 0 Å². The van der Waals surface area contributed by atoms with Crippen molar-refractivity contribution in [1.82, 2.24) is 4.98 Å². The predicted octanol–water partition coefficient (Wildman–Crippen LogP) is 0.170. The maximum atomic E-state index is 11.3. The van der Waals surface area contributed by atoms with Gasteiger partial charge in [-0.25, -0.2) is 8.42 Å². The van der Waals surface area contributed by atoms with Gasteiger partial charge in [0.25, 0.3) is 5.91 Å². The predicted molar refractivity (Wildman–Crippen MR) is 68.1 cm³/mol. The standard InChI is InChI=1S/C11H15N3O3S/c12-11(15)10-7-9(1-4-13-10)14-8-2-5-18(16,17)6-3-8/h1,4,7-8H,2-3,5-6H2,(H2,12,15)(H,13,14). The number of hydrogen-bond acceptors (Lipinski definition) is 5. The van der Waals surface area contributed by atoms with Gasteiger partial charge in [0.15, 0.2) is 0 Å². The van der Waals surface area contributed by atoms with E-state index in [1.807, 2.05) is 0 Å². The van der Waals surface area contributed by atoms with Crippen molar-refractivity contribution in [3.05, 3.63) is 24.0 Å². The van der Waals surface area contributed by atoms with E-state index in [0.717, 1.165) is 5.69 Å². The van der Waals surface area contributed by atoms with Gasteiger partial charge >= 0.3 is 0 Å². The number of carbonyl (C=O) groups excluding carboxylic acids is 1. The van der Waals surface area contributed by atoms with Crippen molar-refractivity contribution in [2.45, 2.75) is 18.9 Å². The molecule has 1 aromatic heterocycles. The Labute approximate surface area is 106 Å². The summed E-state index contributed by atoms with van der Waals surface area (Å²) >= 11 is 0. The van der Waals surface area contributed by atoms with Crippen molar-refractivity contribution in [3.63, 3.8) is 0 Å². The zero-order valence-corrected chi connectivity index (χ0v) is 10.6. The molecule has 98 valence electrons. The van der Waals surface area contributed by atoms with Crippen LogP contribution in [-0.2, 0) is 9.84 Å². The molecule has 0 radical (unpaired) electrons. The monoisotopic (exact) mass is 269 g/mol. The summed E-state index contributed by atoms with van der Waals surface area (Å²) in [5, 5.41) is 3.20. The molecule has 1 aliphatic heterocycles. The lowest BCUT2D eigenvalue weighted by Crippen LogP contribution is -2.32. The number of primary amides is 1. The minimum absolute atomic E-state index is 0.108.